The van der Waals surface area contributed by atoms with E-state index in [4.69, 9.17) is 11.6 Å². The Kier molecular flexibility index (Phi) is 4.40. The van der Waals surface area contributed by atoms with Crippen LogP contribution in [0.25, 0.3) is 0 Å². The molecule has 92 valence electrons. The first-order valence-electron chi connectivity index (χ1n) is 5.98. The maximum absolute atomic E-state index is 11.7. The van der Waals surface area contributed by atoms with E-state index in [1.807, 2.05) is 29.2 Å². The van der Waals surface area contributed by atoms with E-state index in [0.717, 1.165) is 37.5 Å². The first kappa shape index (κ1) is 12.4. The molecule has 2 rings (SSSR count). The topological polar surface area (TPSA) is 32.3 Å². The molecule has 1 aliphatic rings. The molecule has 1 fully saturated rings. The maximum Gasteiger partial charge on any atom is 0.236 e. The minimum Gasteiger partial charge on any atom is -0.341 e. The van der Waals surface area contributed by atoms with Gasteiger partial charge in [-0.05, 0) is 37.1 Å². The lowest BCUT2D eigenvalue weighted by Gasteiger charge is -2.20. The number of halogens is 1. The van der Waals surface area contributed by atoms with E-state index in [0.29, 0.717) is 6.54 Å². The van der Waals surface area contributed by atoms with E-state index in [9.17, 15) is 4.79 Å². The molecular weight excluding hydrogens is 236 g/mol. The molecule has 0 saturated carbocycles. The fraction of sp³-hybridized carbons (Fsp3) is 0.462. The third-order valence-electron chi connectivity index (χ3n) is 2.97. The second-order valence-corrected chi connectivity index (χ2v) is 4.73. The SMILES string of the molecule is O=C1CNCCCN1CCc1cccc(Cl)c1. The van der Waals surface area contributed by atoms with Crippen molar-refractivity contribution in [2.24, 2.45) is 0 Å². The van der Waals surface area contributed by atoms with Crippen LogP contribution in [-0.2, 0) is 11.2 Å². The van der Waals surface area contributed by atoms with Crippen molar-refractivity contribution in [2.45, 2.75) is 12.8 Å². The number of amides is 1. The average molecular weight is 253 g/mol. The van der Waals surface area contributed by atoms with Crippen molar-refractivity contribution in [1.29, 1.82) is 0 Å². The summed E-state index contributed by atoms with van der Waals surface area (Å²) in [4.78, 5) is 13.7. The summed E-state index contributed by atoms with van der Waals surface area (Å²) in [6.45, 7) is 3.03. The van der Waals surface area contributed by atoms with E-state index in [-0.39, 0.29) is 5.91 Å². The quantitative estimate of drug-likeness (QED) is 0.888. The van der Waals surface area contributed by atoms with Crippen molar-refractivity contribution in [3.8, 4) is 0 Å². The number of nitrogens with one attached hydrogen (secondary N) is 1. The molecule has 17 heavy (non-hydrogen) atoms. The van der Waals surface area contributed by atoms with Gasteiger partial charge in [0.15, 0.2) is 0 Å². The molecule has 1 aliphatic heterocycles. The number of benzene rings is 1. The van der Waals surface area contributed by atoms with Gasteiger partial charge in [-0.2, -0.15) is 0 Å². The van der Waals surface area contributed by atoms with E-state index in [2.05, 4.69) is 5.32 Å². The molecule has 0 aromatic heterocycles. The normalized spacial score (nSPS) is 17.0. The van der Waals surface area contributed by atoms with Crippen LogP contribution in [0.15, 0.2) is 24.3 Å². The Balaban J connectivity index is 1.90. The summed E-state index contributed by atoms with van der Waals surface area (Å²) in [7, 11) is 0. The maximum atomic E-state index is 11.7. The van der Waals surface area contributed by atoms with Gasteiger partial charge in [-0.15, -0.1) is 0 Å². The van der Waals surface area contributed by atoms with Gasteiger partial charge in [-0.25, -0.2) is 0 Å². The minimum atomic E-state index is 0.199. The molecule has 1 amide bonds. The van der Waals surface area contributed by atoms with Crippen LogP contribution in [0.3, 0.4) is 0 Å². The van der Waals surface area contributed by atoms with Gasteiger partial charge in [-0.3, -0.25) is 4.79 Å². The third kappa shape index (κ3) is 3.72. The largest absolute Gasteiger partial charge is 0.341 e. The predicted molar refractivity (Wildman–Crippen MR) is 69.2 cm³/mol. The molecule has 3 nitrogen and oxygen atoms in total. The van der Waals surface area contributed by atoms with Gasteiger partial charge < -0.3 is 10.2 Å². The molecule has 0 radical (unpaired) electrons. The molecule has 1 aromatic rings. The predicted octanol–water partition coefficient (Wildman–Crippen LogP) is 1.70. The highest BCUT2D eigenvalue weighted by Crippen LogP contribution is 2.11. The molecule has 0 atom stereocenters. The van der Waals surface area contributed by atoms with E-state index >= 15 is 0 Å². The lowest BCUT2D eigenvalue weighted by molar-refractivity contribution is -0.129. The van der Waals surface area contributed by atoms with Crippen LogP contribution in [-0.4, -0.2) is 37.0 Å². The Hall–Kier alpha value is -1.06. The molecule has 0 spiro atoms. The van der Waals surface area contributed by atoms with Gasteiger partial charge in [0.05, 0.1) is 6.54 Å². The summed E-state index contributed by atoms with van der Waals surface area (Å²) < 4.78 is 0. The van der Waals surface area contributed by atoms with Crippen molar-refractivity contribution in [3.63, 3.8) is 0 Å². The molecular formula is C13H17ClN2O. The molecule has 1 heterocycles. The summed E-state index contributed by atoms with van der Waals surface area (Å²) >= 11 is 5.93. The number of hydrogen-bond acceptors (Lipinski definition) is 2. The van der Waals surface area contributed by atoms with Gasteiger partial charge in [0.25, 0.3) is 0 Å². The average Bonchev–Trinajstić information content (AvgIpc) is 2.52. The van der Waals surface area contributed by atoms with Crippen LogP contribution in [0.2, 0.25) is 5.02 Å². The van der Waals surface area contributed by atoms with Crippen molar-refractivity contribution < 1.29 is 4.79 Å². The number of carbonyl (C=O) groups excluding carboxylic acids is 1. The standard InChI is InChI=1S/C13H17ClN2O/c14-12-4-1-3-11(9-12)5-8-16-7-2-6-15-10-13(16)17/h1,3-4,9,15H,2,5-8,10H2. The van der Waals surface area contributed by atoms with Crippen LogP contribution >= 0.6 is 11.6 Å². The van der Waals surface area contributed by atoms with Crippen molar-refractivity contribution >= 4 is 17.5 Å². The molecule has 0 bridgehead atoms. The van der Waals surface area contributed by atoms with Crippen LogP contribution in [0, 0.1) is 0 Å². The molecule has 1 aromatic carbocycles. The number of hydrogen-bond donors (Lipinski definition) is 1. The Morgan fingerprint density at radius 1 is 1.41 bits per heavy atom. The summed E-state index contributed by atoms with van der Waals surface area (Å²) in [5, 5.41) is 3.88. The molecule has 4 heteroatoms. The highest BCUT2D eigenvalue weighted by atomic mass is 35.5. The first-order chi connectivity index (χ1) is 8.25. The highest BCUT2D eigenvalue weighted by Gasteiger charge is 2.15. The van der Waals surface area contributed by atoms with E-state index < -0.39 is 0 Å². The van der Waals surface area contributed by atoms with Gasteiger partial charge in [0.2, 0.25) is 5.91 Å². The number of carbonyl (C=O) groups is 1. The number of nitrogens with zero attached hydrogens (tertiary/aromatic N) is 1. The Morgan fingerprint density at radius 3 is 3.12 bits per heavy atom. The second-order valence-electron chi connectivity index (χ2n) is 4.29. The summed E-state index contributed by atoms with van der Waals surface area (Å²) in [5.41, 5.74) is 1.18. The van der Waals surface area contributed by atoms with Crippen molar-refractivity contribution in [2.75, 3.05) is 26.2 Å². The molecule has 1 N–H and O–H groups in total. The summed E-state index contributed by atoms with van der Waals surface area (Å²) in [5.74, 6) is 0.199. The van der Waals surface area contributed by atoms with E-state index in [1.54, 1.807) is 0 Å². The monoisotopic (exact) mass is 252 g/mol. The summed E-state index contributed by atoms with van der Waals surface area (Å²) in [6, 6.07) is 7.82. The number of rotatable bonds is 3. The van der Waals surface area contributed by atoms with Gasteiger partial charge in [0, 0.05) is 18.1 Å². The Labute approximate surface area is 107 Å². The second kappa shape index (κ2) is 6.03. The van der Waals surface area contributed by atoms with Crippen LogP contribution in [0.5, 0.6) is 0 Å². The fourth-order valence-corrected chi connectivity index (χ4v) is 2.23. The third-order valence-corrected chi connectivity index (χ3v) is 3.21. The Morgan fingerprint density at radius 2 is 2.29 bits per heavy atom. The Bertz CT molecular complexity index is 395. The fourth-order valence-electron chi connectivity index (χ4n) is 2.02. The zero-order valence-electron chi connectivity index (χ0n) is 9.79. The van der Waals surface area contributed by atoms with Crippen LogP contribution < -0.4 is 5.32 Å². The van der Waals surface area contributed by atoms with Gasteiger partial charge >= 0.3 is 0 Å². The zero-order valence-corrected chi connectivity index (χ0v) is 10.5. The van der Waals surface area contributed by atoms with E-state index in [1.165, 1.54) is 5.56 Å². The van der Waals surface area contributed by atoms with Gasteiger partial charge in [-0.1, -0.05) is 23.7 Å². The lowest BCUT2D eigenvalue weighted by atomic mass is 10.1. The highest BCUT2D eigenvalue weighted by molar-refractivity contribution is 6.30. The minimum absolute atomic E-state index is 0.199. The molecule has 1 saturated heterocycles. The van der Waals surface area contributed by atoms with Crippen molar-refractivity contribution in [3.05, 3.63) is 34.9 Å². The smallest absolute Gasteiger partial charge is 0.236 e. The van der Waals surface area contributed by atoms with Crippen molar-refractivity contribution in [1.82, 2.24) is 10.2 Å². The zero-order chi connectivity index (χ0) is 12.1. The first-order valence-corrected chi connectivity index (χ1v) is 6.36. The van der Waals surface area contributed by atoms with Crippen LogP contribution in [0.4, 0.5) is 0 Å². The lowest BCUT2D eigenvalue weighted by Crippen LogP contribution is -2.36. The van der Waals surface area contributed by atoms with Crippen LogP contribution in [0.1, 0.15) is 12.0 Å². The summed E-state index contributed by atoms with van der Waals surface area (Å²) in [6.07, 6.45) is 1.90. The van der Waals surface area contributed by atoms with Gasteiger partial charge in [0.1, 0.15) is 0 Å². The molecule has 0 aliphatic carbocycles. The molecule has 0 unspecified atom stereocenters.